The quantitative estimate of drug-likeness (QED) is 0.743. The van der Waals surface area contributed by atoms with E-state index >= 15 is 0 Å². The van der Waals surface area contributed by atoms with Crippen molar-refractivity contribution in [3.8, 4) is 0 Å². The molecule has 0 unspecified atom stereocenters. The highest BCUT2D eigenvalue weighted by molar-refractivity contribution is 5.95. The second-order valence-electron chi connectivity index (χ2n) is 4.88. The fourth-order valence-corrected chi connectivity index (χ4v) is 2.21. The fraction of sp³-hybridized carbons (Fsp3) is 0.533. The number of methoxy groups -OCH3 is 1. The van der Waals surface area contributed by atoms with E-state index in [0.29, 0.717) is 19.8 Å². The summed E-state index contributed by atoms with van der Waals surface area (Å²) in [6.07, 6.45) is 1.97. The molecule has 0 radical (unpaired) electrons. The van der Waals surface area contributed by atoms with Crippen molar-refractivity contribution in [2.24, 2.45) is 0 Å². The minimum absolute atomic E-state index is 0.0416. The van der Waals surface area contributed by atoms with Gasteiger partial charge in [0.05, 0.1) is 25.9 Å². The third-order valence-corrected chi connectivity index (χ3v) is 3.27. The van der Waals surface area contributed by atoms with Crippen LogP contribution in [-0.4, -0.2) is 38.8 Å². The molecule has 0 aromatic heterocycles. The summed E-state index contributed by atoms with van der Waals surface area (Å²) in [6.45, 7) is 2.60. The molecule has 0 aliphatic carbocycles. The van der Waals surface area contributed by atoms with Crippen molar-refractivity contribution in [1.29, 1.82) is 0 Å². The molecule has 5 nitrogen and oxygen atoms in total. The van der Waals surface area contributed by atoms with Crippen LogP contribution in [0.3, 0.4) is 0 Å². The van der Waals surface area contributed by atoms with Gasteiger partial charge in [-0.05, 0) is 37.1 Å². The number of ether oxygens (including phenoxy) is 2. The summed E-state index contributed by atoms with van der Waals surface area (Å²) >= 11 is 0. The number of benzene rings is 1. The molecule has 5 heteroatoms. The maximum atomic E-state index is 12.0. The Kier molecular flexibility index (Phi) is 5.98. The van der Waals surface area contributed by atoms with E-state index in [0.717, 1.165) is 30.6 Å². The highest BCUT2D eigenvalue weighted by atomic mass is 16.5. The predicted molar refractivity (Wildman–Crippen MR) is 77.6 cm³/mol. The third kappa shape index (κ3) is 4.59. The molecule has 1 heterocycles. The van der Waals surface area contributed by atoms with Gasteiger partial charge in [-0.2, -0.15) is 0 Å². The van der Waals surface area contributed by atoms with Crippen LogP contribution in [0, 0.1) is 0 Å². The SMILES string of the molecule is COCCOCc1cccc(NC(=O)[C@@H]2CCCN2)c1. The van der Waals surface area contributed by atoms with Crippen molar-refractivity contribution < 1.29 is 14.3 Å². The Labute approximate surface area is 119 Å². The van der Waals surface area contributed by atoms with Crippen molar-refractivity contribution in [2.75, 3.05) is 32.2 Å². The smallest absolute Gasteiger partial charge is 0.241 e. The summed E-state index contributed by atoms with van der Waals surface area (Å²) in [4.78, 5) is 12.0. The highest BCUT2D eigenvalue weighted by Gasteiger charge is 2.21. The van der Waals surface area contributed by atoms with Crippen LogP contribution in [0.2, 0.25) is 0 Å². The third-order valence-electron chi connectivity index (χ3n) is 3.27. The molecule has 1 atom stereocenters. The molecular weight excluding hydrogens is 256 g/mol. The van der Waals surface area contributed by atoms with Crippen LogP contribution in [0.4, 0.5) is 5.69 Å². The van der Waals surface area contributed by atoms with E-state index in [1.165, 1.54) is 0 Å². The van der Waals surface area contributed by atoms with Gasteiger partial charge in [0, 0.05) is 12.8 Å². The zero-order chi connectivity index (χ0) is 14.2. The number of carbonyl (C=O) groups is 1. The zero-order valence-corrected chi connectivity index (χ0v) is 11.9. The van der Waals surface area contributed by atoms with Crippen LogP contribution in [-0.2, 0) is 20.9 Å². The molecule has 0 spiro atoms. The van der Waals surface area contributed by atoms with Crippen LogP contribution < -0.4 is 10.6 Å². The molecule has 1 aromatic carbocycles. The first-order valence-corrected chi connectivity index (χ1v) is 6.99. The Morgan fingerprint density at radius 3 is 3.10 bits per heavy atom. The van der Waals surface area contributed by atoms with E-state index in [1.807, 2.05) is 24.3 Å². The van der Waals surface area contributed by atoms with E-state index in [4.69, 9.17) is 9.47 Å². The minimum atomic E-state index is -0.0587. The van der Waals surface area contributed by atoms with Crippen LogP contribution >= 0.6 is 0 Å². The summed E-state index contributed by atoms with van der Waals surface area (Å²) in [5.41, 5.74) is 1.86. The maximum Gasteiger partial charge on any atom is 0.241 e. The average molecular weight is 278 g/mol. The molecule has 0 bridgehead atoms. The normalized spacial score (nSPS) is 18.1. The molecule has 0 saturated carbocycles. The Morgan fingerprint density at radius 1 is 1.45 bits per heavy atom. The van der Waals surface area contributed by atoms with Crippen LogP contribution in [0.15, 0.2) is 24.3 Å². The van der Waals surface area contributed by atoms with E-state index < -0.39 is 0 Å². The largest absolute Gasteiger partial charge is 0.382 e. The number of hydrogen-bond donors (Lipinski definition) is 2. The van der Waals surface area contributed by atoms with Crippen molar-refractivity contribution in [3.05, 3.63) is 29.8 Å². The lowest BCUT2D eigenvalue weighted by molar-refractivity contribution is -0.117. The molecule has 2 rings (SSSR count). The van der Waals surface area contributed by atoms with Crippen LogP contribution in [0.25, 0.3) is 0 Å². The van der Waals surface area contributed by atoms with Gasteiger partial charge in [0.2, 0.25) is 5.91 Å². The Hall–Kier alpha value is -1.43. The molecule has 20 heavy (non-hydrogen) atoms. The van der Waals surface area contributed by atoms with E-state index in [1.54, 1.807) is 7.11 Å². The Balaban J connectivity index is 1.83. The van der Waals surface area contributed by atoms with Gasteiger partial charge in [0.15, 0.2) is 0 Å². The van der Waals surface area contributed by atoms with Gasteiger partial charge >= 0.3 is 0 Å². The number of amides is 1. The summed E-state index contributed by atoms with van der Waals surface area (Å²) in [6, 6.07) is 7.69. The minimum Gasteiger partial charge on any atom is -0.382 e. The molecular formula is C15H22N2O3. The molecule has 1 aromatic rings. The molecule has 1 amide bonds. The molecule has 1 aliphatic rings. The predicted octanol–water partition coefficient (Wildman–Crippen LogP) is 1.54. The lowest BCUT2D eigenvalue weighted by Crippen LogP contribution is -2.35. The van der Waals surface area contributed by atoms with Gasteiger partial charge in [-0.25, -0.2) is 0 Å². The van der Waals surface area contributed by atoms with Crippen LogP contribution in [0.1, 0.15) is 18.4 Å². The Morgan fingerprint density at radius 2 is 2.35 bits per heavy atom. The van der Waals surface area contributed by atoms with Gasteiger partial charge in [0.1, 0.15) is 0 Å². The topological polar surface area (TPSA) is 59.6 Å². The number of anilines is 1. The molecule has 110 valence electrons. The first-order valence-electron chi connectivity index (χ1n) is 6.99. The number of carbonyl (C=O) groups excluding carboxylic acids is 1. The Bertz CT molecular complexity index is 431. The molecule has 1 fully saturated rings. The number of nitrogens with one attached hydrogen (secondary N) is 2. The lowest BCUT2D eigenvalue weighted by Gasteiger charge is -2.12. The molecule has 1 saturated heterocycles. The average Bonchev–Trinajstić information content (AvgIpc) is 2.98. The van der Waals surface area contributed by atoms with E-state index in [9.17, 15) is 4.79 Å². The summed E-state index contributed by atoms with van der Waals surface area (Å²) in [5, 5.41) is 6.13. The second-order valence-corrected chi connectivity index (χ2v) is 4.88. The van der Waals surface area contributed by atoms with Gasteiger partial charge in [-0.3, -0.25) is 4.79 Å². The first-order chi connectivity index (χ1) is 9.79. The van der Waals surface area contributed by atoms with Crippen molar-refractivity contribution in [3.63, 3.8) is 0 Å². The molecule has 2 N–H and O–H groups in total. The maximum absolute atomic E-state index is 12.0. The van der Waals surface area contributed by atoms with Crippen molar-refractivity contribution in [2.45, 2.75) is 25.5 Å². The fourth-order valence-electron chi connectivity index (χ4n) is 2.21. The number of rotatable bonds is 7. The number of hydrogen-bond acceptors (Lipinski definition) is 4. The van der Waals surface area contributed by atoms with Gasteiger partial charge < -0.3 is 20.1 Å². The monoisotopic (exact) mass is 278 g/mol. The first kappa shape index (κ1) is 15.0. The molecule has 1 aliphatic heterocycles. The van der Waals surface area contributed by atoms with Crippen molar-refractivity contribution in [1.82, 2.24) is 5.32 Å². The van der Waals surface area contributed by atoms with Crippen molar-refractivity contribution >= 4 is 11.6 Å². The van der Waals surface area contributed by atoms with Gasteiger partial charge in [-0.1, -0.05) is 12.1 Å². The van der Waals surface area contributed by atoms with E-state index in [2.05, 4.69) is 10.6 Å². The highest BCUT2D eigenvalue weighted by Crippen LogP contribution is 2.14. The van der Waals surface area contributed by atoms with E-state index in [-0.39, 0.29) is 11.9 Å². The lowest BCUT2D eigenvalue weighted by atomic mass is 10.2. The summed E-state index contributed by atoms with van der Waals surface area (Å²) in [5.74, 6) is 0.0416. The van der Waals surface area contributed by atoms with Gasteiger partial charge in [-0.15, -0.1) is 0 Å². The second kappa shape index (κ2) is 7.99. The summed E-state index contributed by atoms with van der Waals surface area (Å²) in [7, 11) is 1.65. The van der Waals surface area contributed by atoms with Gasteiger partial charge in [0.25, 0.3) is 0 Å². The zero-order valence-electron chi connectivity index (χ0n) is 11.9. The van der Waals surface area contributed by atoms with Crippen LogP contribution in [0.5, 0.6) is 0 Å². The standard InChI is InChI=1S/C15H22N2O3/c1-19-8-9-20-11-12-4-2-5-13(10-12)17-15(18)14-6-3-7-16-14/h2,4-5,10,14,16H,3,6-9,11H2,1H3,(H,17,18)/t14-/m0/s1. The summed E-state index contributed by atoms with van der Waals surface area (Å²) < 4.78 is 10.4.